The zero-order valence-corrected chi connectivity index (χ0v) is 17.6. The highest BCUT2D eigenvalue weighted by Gasteiger charge is 2.10. The molecular weight excluding hydrogens is 419 g/mol. The highest BCUT2D eigenvalue weighted by Crippen LogP contribution is 2.31. The maximum absolute atomic E-state index is 6.19. The minimum atomic E-state index is 0.229. The Morgan fingerprint density at radius 2 is 1.96 bits per heavy atom. The van der Waals surface area contributed by atoms with Crippen LogP contribution in [-0.4, -0.2) is 28.2 Å². The Balaban J connectivity index is 1.79. The maximum atomic E-state index is 6.19. The van der Waals surface area contributed by atoms with E-state index in [1.165, 1.54) is 0 Å². The van der Waals surface area contributed by atoms with Gasteiger partial charge in [0.25, 0.3) is 0 Å². The molecule has 0 amide bonds. The third-order valence-electron chi connectivity index (χ3n) is 3.98. The lowest BCUT2D eigenvalue weighted by Gasteiger charge is -2.13. The van der Waals surface area contributed by atoms with Crippen molar-refractivity contribution < 1.29 is 9.47 Å². The second kappa shape index (κ2) is 9.23. The van der Waals surface area contributed by atoms with Gasteiger partial charge in [-0.3, -0.25) is 5.10 Å². The minimum Gasteiger partial charge on any atom is -0.493 e. The van der Waals surface area contributed by atoms with Gasteiger partial charge in [0.05, 0.1) is 13.3 Å². The number of nitrogens with one attached hydrogen (secondary N) is 1. The van der Waals surface area contributed by atoms with Crippen LogP contribution >= 0.6 is 35.4 Å². The number of aromatic nitrogens is 3. The van der Waals surface area contributed by atoms with Crippen molar-refractivity contribution in [2.24, 2.45) is 5.10 Å². The molecule has 0 aliphatic carbocycles. The van der Waals surface area contributed by atoms with E-state index in [0.717, 1.165) is 17.0 Å². The number of rotatable bonds is 7. The summed E-state index contributed by atoms with van der Waals surface area (Å²) in [4.78, 5) is 0. The van der Waals surface area contributed by atoms with Crippen molar-refractivity contribution in [2.75, 3.05) is 7.11 Å². The van der Waals surface area contributed by atoms with Gasteiger partial charge >= 0.3 is 0 Å². The van der Waals surface area contributed by atoms with E-state index < -0.39 is 0 Å². The molecule has 9 heteroatoms. The van der Waals surface area contributed by atoms with Gasteiger partial charge in [0.1, 0.15) is 6.61 Å². The van der Waals surface area contributed by atoms with Crippen molar-refractivity contribution in [3.8, 4) is 11.5 Å². The van der Waals surface area contributed by atoms with Gasteiger partial charge in [-0.2, -0.15) is 14.9 Å². The molecule has 3 aromatic rings. The molecule has 6 nitrogen and oxygen atoms in total. The molecule has 0 unspecified atom stereocenters. The lowest BCUT2D eigenvalue weighted by Crippen LogP contribution is -2.00. The smallest absolute Gasteiger partial charge is 0.216 e. The van der Waals surface area contributed by atoms with E-state index in [-0.39, 0.29) is 6.61 Å². The molecule has 0 radical (unpaired) electrons. The van der Waals surface area contributed by atoms with Crippen molar-refractivity contribution in [1.29, 1.82) is 0 Å². The SMILES string of the molecule is CCc1n[nH]c(=S)n1N=Cc1ccc(OCc2c(Cl)cccc2Cl)c(OC)c1. The number of halogens is 2. The number of aryl methyl sites for hydroxylation is 1. The fourth-order valence-electron chi connectivity index (χ4n) is 2.50. The number of H-pyrrole nitrogens is 1. The fraction of sp³-hybridized carbons (Fsp3) is 0.211. The lowest BCUT2D eigenvalue weighted by molar-refractivity contribution is 0.284. The molecule has 1 aromatic heterocycles. The number of hydrogen-bond donors (Lipinski definition) is 1. The number of hydrogen-bond acceptors (Lipinski definition) is 5. The highest BCUT2D eigenvalue weighted by atomic mass is 35.5. The van der Waals surface area contributed by atoms with Crippen LogP contribution in [0.15, 0.2) is 41.5 Å². The first-order valence-electron chi connectivity index (χ1n) is 8.47. The van der Waals surface area contributed by atoms with Crippen molar-refractivity contribution in [2.45, 2.75) is 20.0 Å². The van der Waals surface area contributed by atoms with Crippen molar-refractivity contribution in [3.05, 3.63) is 68.2 Å². The van der Waals surface area contributed by atoms with Crippen LogP contribution in [0.2, 0.25) is 10.0 Å². The van der Waals surface area contributed by atoms with Crippen LogP contribution in [0.4, 0.5) is 0 Å². The molecule has 0 saturated heterocycles. The normalized spacial score (nSPS) is 11.1. The van der Waals surface area contributed by atoms with Crippen molar-refractivity contribution >= 4 is 41.6 Å². The standard InChI is InChI=1S/C19H18Cl2N4O2S/c1-3-18-23-24-19(28)25(18)22-10-12-7-8-16(17(9-12)26-2)27-11-13-14(20)5-4-6-15(13)21/h4-10H,3,11H2,1-2H3,(H,24,28). The van der Waals surface area contributed by atoms with E-state index in [0.29, 0.717) is 32.7 Å². The summed E-state index contributed by atoms with van der Waals surface area (Å²) in [7, 11) is 1.58. The highest BCUT2D eigenvalue weighted by molar-refractivity contribution is 7.71. The average Bonchev–Trinajstić information content (AvgIpc) is 3.06. The molecule has 0 bridgehead atoms. The summed E-state index contributed by atoms with van der Waals surface area (Å²) in [6, 6.07) is 10.8. The van der Waals surface area contributed by atoms with E-state index in [1.54, 1.807) is 42.3 Å². The van der Waals surface area contributed by atoms with Gasteiger partial charge in [0.2, 0.25) is 4.77 Å². The van der Waals surface area contributed by atoms with Crippen LogP contribution in [-0.2, 0) is 13.0 Å². The summed E-state index contributed by atoms with van der Waals surface area (Å²) < 4.78 is 13.3. The predicted molar refractivity (Wildman–Crippen MR) is 114 cm³/mol. The quantitative estimate of drug-likeness (QED) is 0.404. The zero-order chi connectivity index (χ0) is 20.1. The molecule has 0 spiro atoms. The number of aromatic amines is 1. The van der Waals surface area contributed by atoms with Crippen LogP contribution in [0, 0.1) is 4.77 Å². The zero-order valence-electron chi connectivity index (χ0n) is 15.3. The Kier molecular flexibility index (Phi) is 6.72. The van der Waals surface area contributed by atoms with Crippen LogP contribution in [0.25, 0.3) is 0 Å². The number of benzene rings is 2. The molecule has 1 N–H and O–H groups in total. The Hall–Kier alpha value is -2.35. The summed E-state index contributed by atoms with van der Waals surface area (Å²) in [6.45, 7) is 2.21. The van der Waals surface area contributed by atoms with Gasteiger partial charge in [-0.05, 0) is 48.1 Å². The van der Waals surface area contributed by atoms with Crippen LogP contribution in [0.3, 0.4) is 0 Å². The first-order chi connectivity index (χ1) is 13.5. The van der Waals surface area contributed by atoms with Gasteiger partial charge < -0.3 is 9.47 Å². The van der Waals surface area contributed by atoms with E-state index in [9.17, 15) is 0 Å². The van der Waals surface area contributed by atoms with Gasteiger partial charge in [-0.1, -0.05) is 36.2 Å². The lowest BCUT2D eigenvalue weighted by atomic mass is 10.2. The fourth-order valence-corrected chi connectivity index (χ4v) is 3.21. The molecule has 146 valence electrons. The van der Waals surface area contributed by atoms with Crippen LogP contribution in [0.5, 0.6) is 11.5 Å². The summed E-state index contributed by atoms with van der Waals surface area (Å²) in [5.74, 6) is 1.90. The molecule has 0 aliphatic heterocycles. The van der Waals surface area contributed by atoms with Gasteiger partial charge in [-0.25, -0.2) is 0 Å². The molecule has 0 fully saturated rings. The summed E-state index contributed by atoms with van der Waals surface area (Å²) in [5, 5.41) is 12.4. The molecule has 3 rings (SSSR count). The van der Waals surface area contributed by atoms with Gasteiger partial charge in [0, 0.05) is 22.0 Å². The second-order valence-electron chi connectivity index (χ2n) is 5.75. The summed E-state index contributed by atoms with van der Waals surface area (Å²) in [6.07, 6.45) is 2.40. The Bertz CT molecular complexity index is 1040. The van der Waals surface area contributed by atoms with E-state index in [4.69, 9.17) is 44.9 Å². The first-order valence-corrected chi connectivity index (χ1v) is 9.64. The van der Waals surface area contributed by atoms with Crippen molar-refractivity contribution in [3.63, 3.8) is 0 Å². The molecule has 0 aliphatic rings. The summed E-state index contributed by atoms with van der Waals surface area (Å²) in [5.41, 5.74) is 1.55. The first kappa shape index (κ1) is 20.4. The number of nitrogens with zero attached hydrogens (tertiary/aromatic N) is 3. The Morgan fingerprint density at radius 1 is 1.21 bits per heavy atom. The van der Waals surface area contributed by atoms with Crippen LogP contribution in [0.1, 0.15) is 23.9 Å². The molecule has 0 saturated carbocycles. The second-order valence-corrected chi connectivity index (χ2v) is 6.96. The average molecular weight is 437 g/mol. The topological polar surface area (TPSA) is 64.4 Å². The Morgan fingerprint density at radius 3 is 2.64 bits per heavy atom. The third-order valence-corrected chi connectivity index (χ3v) is 4.95. The molecule has 28 heavy (non-hydrogen) atoms. The van der Waals surface area contributed by atoms with E-state index in [2.05, 4.69) is 15.3 Å². The monoisotopic (exact) mass is 436 g/mol. The van der Waals surface area contributed by atoms with Gasteiger partial charge in [-0.15, -0.1) is 0 Å². The largest absolute Gasteiger partial charge is 0.493 e. The number of ether oxygens (including phenoxy) is 2. The molecule has 1 heterocycles. The van der Waals surface area contributed by atoms with E-state index >= 15 is 0 Å². The number of methoxy groups -OCH3 is 1. The summed E-state index contributed by atoms with van der Waals surface area (Å²) >= 11 is 17.6. The molecule has 0 atom stereocenters. The minimum absolute atomic E-state index is 0.229. The predicted octanol–water partition coefficient (Wildman–Crippen LogP) is 5.28. The third kappa shape index (κ3) is 4.55. The van der Waals surface area contributed by atoms with Crippen LogP contribution < -0.4 is 9.47 Å². The van der Waals surface area contributed by atoms with Crippen molar-refractivity contribution in [1.82, 2.24) is 14.9 Å². The Labute approximate surface area is 177 Å². The van der Waals surface area contributed by atoms with Gasteiger partial charge in [0.15, 0.2) is 17.3 Å². The maximum Gasteiger partial charge on any atom is 0.216 e. The van der Waals surface area contributed by atoms with E-state index in [1.807, 2.05) is 19.1 Å². The molecular formula is C19H18Cl2N4O2S. The molecule has 2 aromatic carbocycles.